The summed E-state index contributed by atoms with van der Waals surface area (Å²) >= 11 is 5.86. The van der Waals surface area contributed by atoms with Crippen molar-refractivity contribution in [3.05, 3.63) is 45.8 Å². The van der Waals surface area contributed by atoms with Crippen molar-refractivity contribution in [2.45, 2.75) is 32.1 Å². The van der Waals surface area contributed by atoms with E-state index < -0.39 is 0 Å². The molecule has 0 atom stereocenters. The summed E-state index contributed by atoms with van der Waals surface area (Å²) < 4.78 is 5.16. The summed E-state index contributed by atoms with van der Waals surface area (Å²) in [6, 6.07) is 7.34. The maximum atomic E-state index is 11.3. The fraction of sp³-hybridized carbons (Fsp3) is 0.357. The van der Waals surface area contributed by atoms with Gasteiger partial charge in [0, 0.05) is 17.3 Å². The van der Waals surface area contributed by atoms with E-state index in [1.54, 1.807) is 0 Å². The first-order chi connectivity index (χ1) is 7.91. The highest BCUT2D eigenvalue weighted by Gasteiger charge is 2.15. The molecular weight excluding hydrogens is 236 g/mol. The molecule has 2 rings (SSSR count). The van der Waals surface area contributed by atoms with E-state index in [9.17, 15) is 4.79 Å². The summed E-state index contributed by atoms with van der Waals surface area (Å²) in [5.41, 5.74) is 2.33. The van der Waals surface area contributed by atoms with Crippen LogP contribution in [0.3, 0.4) is 0 Å². The number of hydrogen-bond donors (Lipinski definition) is 0. The van der Waals surface area contributed by atoms with Crippen LogP contribution in [0.25, 0.3) is 11.0 Å². The van der Waals surface area contributed by atoms with Gasteiger partial charge in [0.2, 0.25) is 0 Å². The van der Waals surface area contributed by atoms with Crippen molar-refractivity contribution in [3.63, 3.8) is 0 Å². The normalized spacial score (nSPS) is 12.0. The van der Waals surface area contributed by atoms with Gasteiger partial charge in [0.1, 0.15) is 5.58 Å². The van der Waals surface area contributed by atoms with Gasteiger partial charge in [-0.15, -0.1) is 11.6 Å². The number of fused-ring (bicyclic) bond motifs is 1. The van der Waals surface area contributed by atoms with Crippen LogP contribution in [0.15, 0.2) is 33.5 Å². The Hall–Kier alpha value is -1.28. The van der Waals surface area contributed by atoms with Crippen LogP contribution in [-0.2, 0) is 11.3 Å². The number of halogens is 1. The molecule has 0 fully saturated rings. The van der Waals surface area contributed by atoms with Crippen LogP contribution in [0.2, 0.25) is 0 Å². The lowest BCUT2D eigenvalue weighted by Crippen LogP contribution is -2.11. The zero-order valence-corrected chi connectivity index (χ0v) is 11.0. The van der Waals surface area contributed by atoms with Crippen LogP contribution in [0.1, 0.15) is 31.9 Å². The standard InChI is InChI=1S/C14H15ClO2/c1-14(2,3)10-4-5-12-11(7-10)9(8-15)6-13(16)17-12/h4-7H,8H2,1-3H3. The zero-order chi connectivity index (χ0) is 12.6. The molecule has 0 saturated carbocycles. The summed E-state index contributed by atoms with van der Waals surface area (Å²) in [7, 11) is 0. The van der Waals surface area contributed by atoms with Gasteiger partial charge in [-0.25, -0.2) is 4.79 Å². The molecule has 2 nitrogen and oxygen atoms in total. The quantitative estimate of drug-likeness (QED) is 0.569. The van der Waals surface area contributed by atoms with E-state index in [0.717, 1.165) is 10.9 Å². The predicted octanol–water partition coefficient (Wildman–Crippen LogP) is 3.83. The highest BCUT2D eigenvalue weighted by atomic mass is 35.5. The Morgan fingerprint density at radius 2 is 1.94 bits per heavy atom. The number of hydrogen-bond acceptors (Lipinski definition) is 2. The average molecular weight is 251 g/mol. The van der Waals surface area contributed by atoms with Gasteiger partial charge in [-0.1, -0.05) is 26.8 Å². The van der Waals surface area contributed by atoms with E-state index in [2.05, 4.69) is 26.8 Å². The third-order valence-corrected chi connectivity index (χ3v) is 3.13. The lowest BCUT2D eigenvalue weighted by molar-refractivity contribution is 0.557. The van der Waals surface area contributed by atoms with Crippen molar-refractivity contribution in [2.75, 3.05) is 0 Å². The molecular formula is C14H15ClO2. The lowest BCUT2D eigenvalue weighted by Gasteiger charge is -2.19. The summed E-state index contributed by atoms with van der Waals surface area (Å²) in [6.45, 7) is 6.44. The molecule has 1 heterocycles. The monoisotopic (exact) mass is 250 g/mol. The first-order valence-corrected chi connectivity index (χ1v) is 6.08. The number of alkyl halides is 1. The maximum absolute atomic E-state index is 11.3. The van der Waals surface area contributed by atoms with E-state index >= 15 is 0 Å². The molecule has 0 saturated heterocycles. The molecule has 0 aliphatic carbocycles. The van der Waals surface area contributed by atoms with Crippen LogP contribution >= 0.6 is 11.6 Å². The highest BCUT2D eigenvalue weighted by molar-refractivity contribution is 6.17. The zero-order valence-electron chi connectivity index (χ0n) is 10.2. The second kappa shape index (κ2) is 4.19. The second-order valence-corrected chi connectivity index (χ2v) is 5.45. The first-order valence-electron chi connectivity index (χ1n) is 5.55. The van der Waals surface area contributed by atoms with Gasteiger partial charge in [-0.05, 0) is 28.7 Å². The fourth-order valence-electron chi connectivity index (χ4n) is 1.80. The third-order valence-electron chi connectivity index (χ3n) is 2.84. The summed E-state index contributed by atoms with van der Waals surface area (Å²) in [6.07, 6.45) is 0. The van der Waals surface area contributed by atoms with E-state index in [4.69, 9.17) is 16.0 Å². The summed E-state index contributed by atoms with van der Waals surface area (Å²) in [4.78, 5) is 11.3. The van der Waals surface area contributed by atoms with E-state index in [1.165, 1.54) is 11.6 Å². The Bertz CT molecular complexity index is 606. The fourth-order valence-corrected chi connectivity index (χ4v) is 2.03. The van der Waals surface area contributed by atoms with Crippen LogP contribution in [0.5, 0.6) is 0 Å². The molecule has 0 radical (unpaired) electrons. The Labute approximate surface area is 105 Å². The minimum Gasteiger partial charge on any atom is -0.423 e. The molecule has 0 amide bonds. The Kier molecular flexibility index (Phi) is 3.00. The van der Waals surface area contributed by atoms with Gasteiger partial charge in [0.05, 0.1) is 0 Å². The molecule has 0 spiro atoms. The van der Waals surface area contributed by atoms with Crippen LogP contribution < -0.4 is 5.63 Å². The molecule has 0 bridgehead atoms. The predicted molar refractivity (Wildman–Crippen MR) is 70.7 cm³/mol. The Morgan fingerprint density at radius 1 is 1.24 bits per heavy atom. The van der Waals surface area contributed by atoms with Gasteiger partial charge in [-0.3, -0.25) is 0 Å². The van der Waals surface area contributed by atoms with E-state index in [0.29, 0.717) is 11.5 Å². The maximum Gasteiger partial charge on any atom is 0.336 e. The van der Waals surface area contributed by atoms with Crippen molar-refractivity contribution >= 4 is 22.6 Å². The average Bonchev–Trinajstić information content (AvgIpc) is 2.25. The van der Waals surface area contributed by atoms with E-state index in [-0.39, 0.29) is 11.0 Å². The van der Waals surface area contributed by atoms with Crippen molar-refractivity contribution in [3.8, 4) is 0 Å². The second-order valence-electron chi connectivity index (χ2n) is 5.19. The minimum absolute atomic E-state index is 0.0634. The number of rotatable bonds is 1. The van der Waals surface area contributed by atoms with Gasteiger partial charge < -0.3 is 4.42 Å². The molecule has 0 unspecified atom stereocenters. The molecule has 17 heavy (non-hydrogen) atoms. The van der Waals surface area contributed by atoms with Gasteiger partial charge in [0.15, 0.2) is 0 Å². The molecule has 3 heteroatoms. The largest absolute Gasteiger partial charge is 0.423 e. The van der Waals surface area contributed by atoms with E-state index in [1.807, 2.05) is 12.1 Å². The molecule has 2 aromatic rings. The minimum atomic E-state index is -0.350. The van der Waals surface area contributed by atoms with Crippen molar-refractivity contribution < 1.29 is 4.42 Å². The van der Waals surface area contributed by atoms with Crippen molar-refractivity contribution in [2.24, 2.45) is 0 Å². The lowest BCUT2D eigenvalue weighted by atomic mass is 9.86. The first kappa shape index (κ1) is 12.2. The Balaban J connectivity index is 2.76. The molecule has 0 aliphatic heterocycles. The molecule has 90 valence electrons. The number of benzene rings is 1. The smallest absolute Gasteiger partial charge is 0.336 e. The molecule has 0 N–H and O–H groups in total. The summed E-state index contributed by atoms with van der Waals surface area (Å²) in [5, 5.41) is 0.923. The molecule has 1 aromatic carbocycles. The molecule has 1 aromatic heterocycles. The van der Waals surface area contributed by atoms with Crippen LogP contribution in [0, 0.1) is 0 Å². The third kappa shape index (κ3) is 2.37. The summed E-state index contributed by atoms with van der Waals surface area (Å²) in [5.74, 6) is 0.315. The van der Waals surface area contributed by atoms with Crippen molar-refractivity contribution in [1.29, 1.82) is 0 Å². The van der Waals surface area contributed by atoms with Gasteiger partial charge in [0.25, 0.3) is 0 Å². The van der Waals surface area contributed by atoms with Gasteiger partial charge >= 0.3 is 5.63 Å². The highest BCUT2D eigenvalue weighted by Crippen LogP contribution is 2.27. The van der Waals surface area contributed by atoms with Crippen LogP contribution in [0.4, 0.5) is 0 Å². The topological polar surface area (TPSA) is 30.2 Å². The van der Waals surface area contributed by atoms with Crippen molar-refractivity contribution in [1.82, 2.24) is 0 Å². The molecule has 0 aliphatic rings. The Morgan fingerprint density at radius 3 is 2.53 bits per heavy atom. The van der Waals surface area contributed by atoms with Gasteiger partial charge in [-0.2, -0.15) is 0 Å². The van der Waals surface area contributed by atoms with Crippen LogP contribution in [-0.4, -0.2) is 0 Å². The SMILES string of the molecule is CC(C)(C)c1ccc2oc(=O)cc(CCl)c2c1.